The average molecular weight is 305 g/mol. The van der Waals surface area contributed by atoms with E-state index in [2.05, 4.69) is 9.88 Å². The summed E-state index contributed by atoms with van der Waals surface area (Å²) < 4.78 is 20.5. The number of methoxy groups -OCH3 is 1. The van der Waals surface area contributed by atoms with Crippen LogP contribution in [0.1, 0.15) is 6.42 Å². The van der Waals surface area contributed by atoms with Gasteiger partial charge in [-0.2, -0.15) is 0 Å². The first-order valence-electron chi connectivity index (χ1n) is 7.54. The molecule has 0 radical (unpaired) electrons. The van der Waals surface area contributed by atoms with Gasteiger partial charge in [-0.1, -0.05) is 6.07 Å². The quantitative estimate of drug-likeness (QED) is 0.840. The largest absolute Gasteiger partial charge is 0.383 e. The number of ether oxygens (including phenoxy) is 1. The molecule has 1 aromatic carbocycles. The van der Waals surface area contributed by atoms with Crippen LogP contribution in [0.15, 0.2) is 29.3 Å². The fourth-order valence-corrected chi connectivity index (χ4v) is 3.05. The van der Waals surface area contributed by atoms with Crippen LogP contribution in [-0.4, -0.2) is 47.8 Å². The molecule has 0 amide bonds. The van der Waals surface area contributed by atoms with Gasteiger partial charge >= 0.3 is 0 Å². The molecule has 0 bridgehead atoms. The normalized spacial score (nSPS) is 19.1. The van der Waals surface area contributed by atoms with Crippen LogP contribution in [0.4, 0.5) is 4.39 Å². The van der Waals surface area contributed by atoms with Gasteiger partial charge in [0.15, 0.2) is 0 Å². The Morgan fingerprint density at radius 2 is 2.32 bits per heavy atom. The lowest BCUT2D eigenvalue weighted by Crippen LogP contribution is -2.28. The molecule has 1 aromatic heterocycles. The van der Waals surface area contributed by atoms with Gasteiger partial charge in [0.1, 0.15) is 11.2 Å². The van der Waals surface area contributed by atoms with Gasteiger partial charge < -0.3 is 9.64 Å². The Labute approximate surface area is 128 Å². The lowest BCUT2D eigenvalue weighted by molar-refractivity contribution is 0.158. The number of fused-ring (bicyclic) bond motifs is 1. The van der Waals surface area contributed by atoms with Crippen molar-refractivity contribution in [3.63, 3.8) is 0 Å². The van der Waals surface area contributed by atoms with E-state index >= 15 is 0 Å². The standard InChI is InChI=1S/C16H20FN3O2/c1-22-8-7-19-6-5-12(9-19)10-20-11-18-14-4-2-3-13(17)15(14)16(20)21/h2-4,11-12H,5-10H2,1H3/t12-/m1/s1. The van der Waals surface area contributed by atoms with E-state index in [-0.39, 0.29) is 10.9 Å². The third kappa shape index (κ3) is 3.03. The molecule has 0 aliphatic carbocycles. The number of halogens is 1. The Hall–Kier alpha value is -1.79. The Balaban J connectivity index is 1.76. The minimum absolute atomic E-state index is 0.0826. The van der Waals surface area contributed by atoms with Crippen molar-refractivity contribution in [3.05, 3.63) is 40.7 Å². The van der Waals surface area contributed by atoms with Crippen LogP contribution < -0.4 is 5.56 Å². The number of benzene rings is 1. The highest BCUT2D eigenvalue weighted by atomic mass is 19.1. The molecule has 2 aromatic rings. The van der Waals surface area contributed by atoms with Gasteiger partial charge in [0.2, 0.25) is 0 Å². The van der Waals surface area contributed by atoms with Crippen molar-refractivity contribution in [1.82, 2.24) is 14.5 Å². The molecule has 118 valence electrons. The summed E-state index contributed by atoms with van der Waals surface area (Å²) in [5.74, 6) is -0.113. The van der Waals surface area contributed by atoms with E-state index in [9.17, 15) is 9.18 Å². The van der Waals surface area contributed by atoms with Gasteiger partial charge in [-0.15, -0.1) is 0 Å². The van der Waals surface area contributed by atoms with E-state index in [0.717, 1.165) is 32.7 Å². The molecular formula is C16H20FN3O2. The van der Waals surface area contributed by atoms with Crippen molar-refractivity contribution in [2.75, 3.05) is 33.4 Å². The van der Waals surface area contributed by atoms with Crippen molar-refractivity contribution in [1.29, 1.82) is 0 Å². The van der Waals surface area contributed by atoms with E-state index in [0.29, 0.717) is 18.0 Å². The van der Waals surface area contributed by atoms with Crippen molar-refractivity contribution in [3.8, 4) is 0 Å². The first-order chi connectivity index (χ1) is 10.7. The first-order valence-corrected chi connectivity index (χ1v) is 7.54. The van der Waals surface area contributed by atoms with Gasteiger partial charge in [-0.3, -0.25) is 9.36 Å². The zero-order chi connectivity index (χ0) is 15.5. The van der Waals surface area contributed by atoms with Gasteiger partial charge in [0.25, 0.3) is 5.56 Å². The second-order valence-corrected chi connectivity index (χ2v) is 5.78. The zero-order valence-corrected chi connectivity index (χ0v) is 12.7. The molecule has 0 spiro atoms. The average Bonchev–Trinajstić information content (AvgIpc) is 2.95. The maximum atomic E-state index is 13.9. The fourth-order valence-electron chi connectivity index (χ4n) is 3.05. The third-order valence-electron chi connectivity index (χ3n) is 4.24. The number of hydrogen-bond acceptors (Lipinski definition) is 4. The Morgan fingerprint density at radius 1 is 1.45 bits per heavy atom. The summed E-state index contributed by atoms with van der Waals surface area (Å²) in [7, 11) is 1.70. The summed E-state index contributed by atoms with van der Waals surface area (Å²) in [6.07, 6.45) is 2.56. The number of likely N-dealkylation sites (tertiary alicyclic amines) is 1. The lowest BCUT2D eigenvalue weighted by Gasteiger charge is -2.16. The monoisotopic (exact) mass is 305 g/mol. The van der Waals surface area contributed by atoms with E-state index < -0.39 is 5.82 Å². The van der Waals surface area contributed by atoms with Crippen molar-refractivity contribution in [2.24, 2.45) is 5.92 Å². The van der Waals surface area contributed by atoms with E-state index in [4.69, 9.17) is 4.74 Å². The van der Waals surface area contributed by atoms with Crippen LogP contribution >= 0.6 is 0 Å². The minimum atomic E-state index is -0.502. The van der Waals surface area contributed by atoms with Gasteiger partial charge in [-0.25, -0.2) is 9.37 Å². The maximum absolute atomic E-state index is 13.9. The van der Waals surface area contributed by atoms with Gasteiger partial charge in [0, 0.05) is 26.7 Å². The van der Waals surface area contributed by atoms with Crippen molar-refractivity contribution in [2.45, 2.75) is 13.0 Å². The van der Waals surface area contributed by atoms with E-state index in [1.165, 1.54) is 17.0 Å². The van der Waals surface area contributed by atoms with Crippen LogP contribution in [0.25, 0.3) is 10.9 Å². The Morgan fingerprint density at radius 3 is 3.14 bits per heavy atom. The molecule has 0 saturated carbocycles. The predicted molar refractivity (Wildman–Crippen MR) is 82.4 cm³/mol. The predicted octanol–water partition coefficient (Wildman–Crippen LogP) is 1.50. The number of hydrogen-bond donors (Lipinski definition) is 0. The highest BCUT2D eigenvalue weighted by molar-refractivity contribution is 5.77. The molecular weight excluding hydrogens is 285 g/mol. The summed E-state index contributed by atoms with van der Waals surface area (Å²) in [4.78, 5) is 19.0. The second kappa shape index (κ2) is 6.54. The zero-order valence-electron chi connectivity index (χ0n) is 12.7. The maximum Gasteiger partial charge on any atom is 0.264 e. The molecule has 1 aliphatic rings. The summed E-state index contributed by atoms with van der Waals surface area (Å²) in [5.41, 5.74) is 0.118. The molecule has 2 heterocycles. The van der Waals surface area contributed by atoms with Gasteiger partial charge in [0.05, 0.1) is 18.5 Å². The van der Waals surface area contributed by atoms with Crippen molar-refractivity contribution >= 4 is 10.9 Å². The summed E-state index contributed by atoms with van der Waals surface area (Å²) >= 11 is 0. The topological polar surface area (TPSA) is 47.4 Å². The number of rotatable bonds is 5. The molecule has 6 heteroatoms. The van der Waals surface area contributed by atoms with Crippen LogP contribution in [-0.2, 0) is 11.3 Å². The summed E-state index contributed by atoms with van der Waals surface area (Å²) in [6.45, 7) is 4.16. The smallest absolute Gasteiger partial charge is 0.264 e. The molecule has 0 unspecified atom stereocenters. The van der Waals surface area contributed by atoms with Crippen molar-refractivity contribution < 1.29 is 9.13 Å². The van der Waals surface area contributed by atoms with Crippen LogP contribution in [0, 0.1) is 11.7 Å². The minimum Gasteiger partial charge on any atom is -0.383 e. The number of nitrogens with zero attached hydrogens (tertiary/aromatic N) is 3. The fraction of sp³-hybridized carbons (Fsp3) is 0.500. The molecule has 5 nitrogen and oxygen atoms in total. The highest BCUT2D eigenvalue weighted by Crippen LogP contribution is 2.18. The Bertz CT molecular complexity index is 716. The van der Waals surface area contributed by atoms with Crippen LogP contribution in [0.2, 0.25) is 0 Å². The molecule has 1 saturated heterocycles. The summed E-state index contributed by atoms with van der Waals surface area (Å²) in [5, 5.41) is 0.0826. The molecule has 3 rings (SSSR count). The van der Waals surface area contributed by atoms with Crippen LogP contribution in [0.3, 0.4) is 0 Å². The summed E-state index contributed by atoms with van der Waals surface area (Å²) in [6, 6.07) is 4.53. The van der Waals surface area contributed by atoms with E-state index in [1.807, 2.05) is 0 Å². The molecule has 1 aliphatic heterocycles. The molecule has 1 atom stereocenters. The second-order valence-electron chi connectivity index (χ2n) is 5.78. The SMILES string of the molecule is COCCN1CC[C@@H](Cn2cnc3cccc(F)c3c2=O)C1. The Kier molecular flexibility index (Phi) is 4.49. The van der Waals surface area contributed by atoms with Crippen LogP contribution in [0.5, 0.6) is 0 Å². The van der Waals surface area contributed by atoms with Gasteiger partial charge in [-0.05, 0) is 31.0 Å². The first kappa shape index (κ1) is 15.1. The highest BCUT2D eigenvalue weighted by Gasteiger charge is 2.23. The molecule has 0 N–H and O–H groups in total. The number of aromatic nitrogens is 2. The third-order valence-corrected chi connectivity index (χ3v) is 4.24. The van der Waals surface area contributed by atoms with E-state index in [1.54, 1.807) is 19.2 Å². The lowest BCUT2D eigenvalue weighted by atomic mass is 10.1. The molecule has 1 fully saturated rings. The molecule has 22 heavy (non-hydrogen) atoms.